The quantitative estimate of drug-likeness (QED) is 0.853. The highest BCUT2D eigenvalue weighted by molar-refractivity contribution is 7.11. The normalized spacial score (nSPS) is 10.8. The summed E-state index contributed by atoms with van der Waals surface area (Å²) in [5, 5.41) is 10.2. The number of nitrogens with zero attached hydrogens (tertiary/aromatic N) is 1. The van der Waals surface area contributed by atoms with Gasteiger partial charge in [0.05, 0.1) is 23.8 Å². The maximum Gasteiger partial charge on any atom is 0.140 e. The third kappa shape index (κ3) is 3.56. The number of thiazole rings is 1. The Kier molecular flexibility index (Phi) is 5.52. The van der Waals surface area contributed by atoms with Crippen LogP contribution in [-0.4, -0.2) is 17.2 Å². The SMILES string of the molecule is CCc1ccccc1OCc1nc(COC)c(CO)s1. The van der Waals surface area contributed by atoms with Gasteiger partial charge in [0.2, 0.25) is 0 Å². The number of aliphatic hydroxyl groups excluding tert-OH is 1. The Labute approximate surface area is 123 Å². The largest absolute Gasteiger partial charge is 0.486 e. The van der Waals surface area contributed by atoms with E-state index in [-0.39, 0.29) is 6.61 Å². The average molecular weight is 293 g/mol. The Bertz CT molecular complexity index is 554. The number of benzene rings is 1. The molecule has 4 nitrogen and oxygen atoms in total. The lowest BCUT2D eigenvalue weighted by Crippen LogP contribution is -1.98. The van der Waals surface area contributed by atoms with Gasteiger partial charge in [-0.15, -0.1) is 11.3 Å². The first-order chi connectivity index (χ1) is 9.78. The molecule has 0 amide bonds. The third-order valence-electron chi connectivity index (χ3n) is 2.95. The average Bonchev–Trinajstić information content (AvgIpc) is 2.88. The van der Waals surface area contributed by atoms with E-state index in [4.69, 9.17) is 9.47 Å². The number of hydrogen-bond donors (Lipinski definition) is 1. The van der Waals surface area contributed by atoms with Crippen LogP contribution in [0.15, 0.2) is 24.3 Å². The second-order valence-electron chi connectivity index (χ2n) is 4.32. The van der Waals surface area contributed by atoms with Crippen molar-refractivity contribution in [2.75, 3.05) is 7.11 Å². The van der Waals surface area contributed by atoms with Crippen LogP contribution in [0.3, 0.4) is 0 Å². The van der Waals surface area contributed by atoms with Crippen LogP contribution >= 0.6 is 11.3 Å². The van der Waals surface area contributed by atoms with Crippen molar-refractivity contribution < 1.29 is 14.6 Å². The van der Waals surface area contributed by atoms with Crippen LogP contribution in [0.1, 0.15) is 28.1 Å². The Morgan fingerprint density at radius 1 is 1.25 bits per heavy atom. The van der Waals surface area contributed by atoms with Gasteiger partial charge in [0.25, 0.3) is 0 Å². The molecule has 0 unspecified atom stereocenters. The van der Waals surface area contributed by atoms with E-state index >= 15 is 0 Å². The van der Waals surface area contributed by atoms with Gasteiger partial charge in [-0.2, -0.15) is 0 Å². The van der Waals surface area contributed by atoms with E-state index in [0.717, 1.165) is 27.7 Å². The number of methoxy groups -OCH3 is 1. The molecule has 2 rings (SSSR count). The van der Waals surface area contributed by atoms with Gasteiger partial charge in [-0.1, -0.05) is 25.1 Å². The Balaban J connectivity index is 2.07. The first-order valence-corrected chi connectivity index (χ1v) is 7.38. The van der Waals surface area contributed by atoms with Gasteiger partial charge in [-0.3, -0.25) is 0 Å². The fourth-order valence-electron chi connectivity index (χ4n) is 1.95. The molecule has 0 fully saturated rings. The molecule has 2 aromatic rings. The molecule has 0 spiro atoms. The number of aromatic nitrogens is 1. The van der Waals surface area contributed by atoms with Gasteiger partial charge in [0.15, 0.2) is 0 Å². The molecule has 1 aromatic heterocycles. The van der Waals surface area contributed by atoms with Crippen LogP contribution in [0.2, 0.25) is 0 Å². The summed E-state index contributed by atoms with van der Waals surface area (Å²) in [6.45, 7) is 2.92. The summed E-state index contributed by atoms with van der Waals surface area (Å²) in [6, 6.07) is 8.00. The molecule has 0 bridgehead atoms. The first-order valence-electron chi connectivity index (χ1n) is 6.56. The summed E-state index contributed by atoms with van der Waals surface area (Å²) in [5.74, 6) is 0.893. The second kappa shape index (κ2) is 7.38. The van der Waals surface area contributed by atoms with Crippen molar-refractivity contribution in [3.8, 4) is 5.75 Å². The number of aryl methyl sites for hydroxylation is 1. The fraction of sp³-hybridized carbons (Fsp3) is 0.400. The fourth-order valence-corrected chi connectivity index (χ4v) is 2.79. The predicted molar refractivity (Wildman–Crippen MR) is 78.9 cm³/mol. The zero-order valence-electron chi connectivity index (χ0n) is 11.8. The molecule has 0 aliphatic rings. The Morgan fingerprint density at radius 2 is 2.05 bits per heavy atom. The maximum atomic E-state index is 9.30. The molecule has 0 aliphatic heterocycles. The van der Waals surface area contributed by atoms with Gasteiger partial charge >= 0.3 is 0 Å². The summed E-state index contributed by atoms with van der Waals surface area (Å²) in [5.41, 5.74) is 1.98. The zero-order chi connectivity index (χ0) is 14.4. The standard InChI is InChI=1S/C15H19NO3S/c1-3-11-6-4-5-7-13(11)19-10-15-16-12(9-18-2)14(8-17)20-15/h4-7,17H,3,8-10H2,1-2H3. The molecule has 1 heterocycles. The molecule has 0 aliphatic carbocycles. The molecule has 108 valence electrons. The van der Waals surface area contributed by atoms with Crippen LogP contribution < -0.4 is 4.74 Å². The zero-order valence-corrected chi connectivity index (χ0v) is 12.6. The minimum Gasteiger partial charge on any atom is -0.486 e. The first kappa shape index (κ1) is 15.0. The van der Waals surface area contributed by atoms with Crippen molar-refractivity contribution >= 4 is 11.3 Å². The van der Waals surface area contributed by atoms with Gasteiger partial charge in [-0.05, 0) is 18.1 Å². The van der Waals surface area contributed by atoms with E-state index in [9.17, 15) is 5.11 Å². The van der Waals surface area contributed by atoms with Gasteiger partial charge in [-0.25, -0.2) is 4.98 Å². The lowest BCUT2D eigenvalue weighted by molar-refractivity contribution is 0.178. The molecule has 0 saturated carbocycles. The van der Waals surface area contributed by atoms with E-state index in [1.807, 2.05) is 18.2 Å². The van der Waals surface area contributed by atoms with E-state index < -0.39 is 0 Å². The molecule has 0 saturated heterocycles. The number of hydrogen-bond acceptors (Lipinski definition) is 5. The topological polar surface area (TPSA) is 51.6 Å². The van der Waals surface area contributed by atoms with Crippen molar-refractivity contribution in [3.63, 3.8) is 0 Å². The van der Waals surface area contributed by atoms with E-state index in [1.165, 1.54) is 16.9 Å². The molecule has 5 heteroatoms. The van der Waals surface area contributed by atoms with Gasteiger partial charge in [0, 0.05) is 7.11 Å². The number of aliphatic hydroxyl groups is 1. The lowest BCUT2D eigenvalue weighted by atomic mass is 10.1. The number of ether oxygens (including phenoxy) is 2. The van der Waals surface area contributed by atoms with Crippen molar-refractivity contribution in [1.82, 2.24) is 4.98 Å². The van der Waals surface area contributed by atoms with E-state index in [1.54, 1.807) is 7.11 Å². The minimum absolute atomic E-state index is 0.0120. The summed E-state index contributed by atoms with van der Waals surface area (Å²) in [7, 11) is 1.62. The summed E-state index contributed by atoms with van der Waals surface area (Å²) in [6.07, 6.45) is 0.935. The third-order valence-corrected chi connectivity index (χ3v) is 4.01. The van der Waals surface area contributed by atoms with Crippen LogP contribution in [0.25, 0.3) is 0 Å². The highest BCUT2D eigenvalue weighted by Crippen LogP contribution is 2.23. The van der Waals surface area contributed by atoms with Gasteiger partial charge < -0.3 is 14.6 Å². The number of para-hydroxylation sites is 1. The van der Waals surface area contributed by atoms with E-state index in [0.29, 0.717) is 13.2 Å². The summed E-state index contributed by atoms with van der Waals surface area (Å²) < 4.78 is 10.9. The molecule has 1 N–H and O–H groups in total. The second-order valence-corrected chi connectivity index (χ2v) is 5.49. The van der Waals surface area contributed by atoms with Crippen molar-refractivity contribution in [2.45, 2.75) is 33.2 Å². The summed E-state index contributed by atoms with van der Waals surface area (Å²) >= 11 is 1.47. The molecule has 1 aromatic carbocycles. The molecule has 0 atom stereocenters. The Hall–Kier alpha value is -1.43. The van der Waals surface area contributed by atoms with Gasteiger partial charge in [0.1, 0.15) is 17.4 Å². The molecule has 0 radical (unpaired) electrons. The summed E-state index contributed by atoms with van der Waals surface area (Å²) in [4.78, 5) is 5.29. The van der Waals surface area contributed by atoms with Crippen LogP contribution in [0.5, 0.6) is 5.75 Å². The van der Waals surface area contributed by atoms with Crippen molar-refractivity contribution in [2.24, 2.45) is 0 Å². The minimum atomic E-state index is -0.0120. The number of rotatable bonds is 7. The lowest BCUT2D eigenvalue weighted by Gasteiger charge is -2.08. The van der Waals surface area contributed by atoms with Crippen LogP contribution in [0.4, 0.5) is 0 Å². The van der Waals surface area contributed by atoms with E-state index in [2.05, 4.69) is 18.0 Å². The Morgan fingerprint density at radius 3 is 2.75 bits per heavy atom. The van der Waals surface area contributed by atoms with Crippen LogP contribution in [0, 0.1) is 0 Å². The smallest absolute Gasteiger partial charge is 0.140 e. The highest BCUT2D eigenvalue weighted by atomic mass is 32.1. The molecular formula is C15H19NO3S. The highest BCUT2D eigenvalue weighted by Gasteiger charge is 2.11. The van der Waals surface area contributed by atoms with Crippen molar-refractivity contribution in [1.29, 1.82) is 0 Å². The monoisotopic (exact) mass is 293 g/mol. The maximum absolute atomic E-state index is 9.30. The molecule has 20 heavy (non-hydrogen) atoms. The van der Waals surface area contributed by atoms with Crippen LogP contribution in [-0.2, 0) is 31.0 Å². The molecular weight excluding hydrogens is 274 g/mol. The predicted octanol–water partition coefficient (Wildman–Crippen LogP) is 2.92. The van der Waals surface area contributed by atoms with Crippen molar-refractivity contribution in [3.05, 3.63) is 45.4 Å².